The van der Waals surface area contributed by atoms with Gasteiger partial charge in [-0.2, -0.15) is 12.3 Å². The third kappa shape index (κ3) is 35.2. The van der Waals surface area contributed by atoms with Gasteiger partial charge in [0.05, 0.1) is 0 Å². The molecule has 0 aromatic heterocycles. The average molecular weight is 1170 g/mol. The number of hydrogen-bond donors (Lipinski definition) is 4. The number of nitrogens with one attached hydrogen (secondary N) is 2. The van der Waals surface area contributed by atoms with Crippen molar-refractivity contribution in [3.63, 3.8) is 0 Å². The van der Waals surface area contributed by atoms with Crippen LogP contribution in [0, 0.1) is 41.0 Å². The first-order valence-electron chi connectivity index (χ1n) is 19.1. The summed E-state index contributed by atoms with van der Waals surface area (Å²) in [5, 5.41) is 21.4. The van der Waals surface area contributed by atoms with E-state index < -0.39 is 11.9 Å². The number of carbonyl (C=O) groups excluding carboxylic acids is 3. The molecule has 5 aliphatic heterocycles. The van der Waals surface area contributed by atoms with Gasteiger partial charge in [0, 0.05) is 46.8 Å². The number of carboxylic acid groups (broad SMARTS) is 2. The molecule has 5 saturated heterocycles. The predicted molar refractivity (Wildman–Crippen MR) is 216 cm³/mol. The standard InChI is InChI=1S/C13H21N2O2.C6H10NO.C6H11.C5H11N.C5H10N.2C2H4O2.2CH3.V.2W/c1-10(16)14-7-3-5-12(14)9-13-6-4-8-15(13)11(2)17;1-6-3-2-4-7(6)5-8;1-6-4-2-3-5-6;2*1-5-3-2-4-6-5;2*1-2(3)4;;;;;/h9,12-13H,3-8H2,1-2H3;6H,2-4H2,1H3;6H,1-5H2;5-6H,2-4H2,1H3;5-6H,1-4H2;2*1H3,(H,3,4);2*1H3;;;/q3*-1;;-1;;;2*-1;3*+2. The number of likely N-dealkylation sites (tertiary alicyclic amines) is 3. The molecule has 4 N–H and O–H groups in total. The Bertz CT molecular complexity index is 903. The molecular weight excluding hydrogens is 1090 g/mol. The van der Waals surface area contributed by atoms with Crippen LogP contribution in [0.2, 0.25) is 0 Å². The van der Waals surface area contributed by atoms with Crippen molar-refractivity contribution in [2.75, 3.05) is 32.7 Å². The second kappa shape index (κ2) is 41.0. The van der Waals surface area contributed by atoms with Crippen LogP contribution in [-0.4, -0.2) is 118 Å². The second-order valence-electron chi connectivity index (χ2n) is 14.3. The zero-order valence-electron chi connectivity index (χ0n) is 35.9. The minimum Gasteiger partial charge on any atom is -0.520 e. The first kappa shape index (κ1) is 67.0. The topological polar surface area (TPSA) is 160 Å². The largest absolute Gasteiger partial charge is 2.00 e. The molecule has 56 heavy (non-hydrogen) atoms. The molecule has 6 fully saturated rings. The van der Waals surface area contributed by atoms with E-state index in [2.05, 4.69) is 44.7 Å². The van der Waals surface area contributed by atoms with Crippen LogP contribution in [0.25, 0.3) is 0 Å². The molecule has 0 aromatic rings. The molecule has 0 bridgehead atoms. The van der Waals surface area contributed by atoms with E-state index in [1.807, 2.05) is 16.2 Å². The zero-order chi connectivity index (χ0) is 38.8. The maximum Gasteiger partial charge on any atom is 2.00 e. The summed E-state index contributed by atoms with van der Waals surface area (Å²) in [6.07, 6.45) is 21.6. The van der Waals surface area contributed by atoms with Crippen molar-refractivity contribution < 1.29 is 94.9 Å². The van der Waals surface area contributed by atoms with E-state index in [0.717, 1.165) is 84.0 Å². The third-order valence-corrected chi connectivity index (χ3v) is 9.47. The van der Waals surface area contributed by atoms with E-state index in [9.17, 15) is 14.4 Å². The summed E-state index contributed by atoms with van der Waals surface area (Å²) in [7, 11) is 0. The Hall–Kier alpha value is -0.769. The fourth-order valence-corrected chi connectivity index (χ4v) is 6.72. The molecule has 1 aliphatic carbocycles. The number of aliphatic carboxylic acids is 2. The van der Waals surface area contributed by atoms with E-state index in [1.165, 1.54) is 64.5 Å². The van der Waals surface area contributed by atoms with E-state index in [4.69, 9.17) is 19.8 Å². The van der Waals surface area contributed by atoms with Gasteiger partial charge >= 0.3 is 60.7 Å². The summed E-state index contributed by atoms with van der Waals surface area (Å²) in [5.41, 5.74) is 0. The Morgan fingerprint density at radius 2 is 1.05 bits per heavy atom. The van der Waals surface area contributed by atoms with Gasteiger partial charge in [-0.05, 0) is 84.5 Å². The normalized spacial score (nSPS) is 23.9. The van der Waals surface area contributed by atoms with Gasteiger partial charge in [-0.25, -0.2) is 0 Å². The fourth-order valence-electron chi connectivity index (χ4n) is 6.72. The molecule has 5 atom stereocenters. The minimum absolute atomic E-state index is 0. The van der Waals surface area contributed by atoms with Gasteiger partial charge in [-0.15, -0.1) is 6.04 Å². The van der Waals surface area contributed by atoms with Gasteiger partial charge in [-0.1, -0.05) is 57.0 Å². The van der Waals surface area contributed by atoms with Crippen molar-refractivity contribution in [1.82, 2.24) is 25.3 Å². The van der Waals surface area contributed by atoms with E-state index in [-0.39, 0.29) is 99.4 Å². The molecule has 3 amide bonds. The summed E-state index contributed by atoms with van der Waals surface area (Å²) >= 11 is 0. The fraction of sp³-hybridized carbons (Fsp3) is 0.756. The molecule has 0 aromatic carbocycles. The van der Waals surface area contributed by atoms with Crippen LogP contribution in [0.3, 0.4) is 0 Å². The second-order valence-corrected chi connectivity index (χ2v) is 14.3. The van der Waals surface area contributed by atoms with Gasteiger partial charge in [0.1, 0.15) is 0 Å². The van der Waals surface area contributed by atoms with Gasteiger partial charge in [0.25, 0.3) is 11.9 Å². The van der Waals surface area contributed by atoms with Crippen LogP contribution in [0.4, 0.5) is 0 Å². The van der Waals surface area contributed by atoms with Crippen molar-refractivity contribution in [3.05, 3.63) is 35.1 Å². The summed E-state index contributed by atoms with van der Waals surface area (Å²) in [5.74, 6) is -0.572. The quantitative estimate of drug-likeness (QED) is 0.243. The first-order chi connectivity index (χ1) is 24.1. The predicted octanol–water partition coefficient (Wildman–Crippen LogP) is 6.17. The van der Waals surface area contributed by atoms with Gasteiger partial charge in [0.15, 0.2) is 0 Å². The van der Waals surface area contributed by atoms with Crippen LogP contribution in [-0.2, 0) is 84.7 Å². The van der Waals surface area contributed by atoms with Crippen LogP contribution in [0.5, 0.6) is 0 Å². The molecule has 5 heterocycles. The Labute approximate surface area is 383 Å². The molecule has 12 nitrogen and oxygen atoms in total. The van der Waals surface area contributed by atoms with E-state index in [1.54, 1.807) is 18.7 Å². The number of carboxylic acids is 2. The monoisotopic (exact) mass is 1170 g/mol. The summed E-state index contributed by atoms with van der Waals surface area (Å²) < 4.78 is 0. The molecule has 6 rings (SSSR count). The Kier molecular flexibility index (Phi) is 49.1. The third-order valence-electron chi connectivity index (χ3n) is 9.47. The Morgan fingerprint density at radius 1 is 0.643 bits per heavy atom. The molecule has 5 unspecified atom stereocenters. The molecule has 1 radical (unpaired) electrons. The first-order valence-corrected chi connectivity index (χ1v) is 19.1. The van der Waals surface area contributed by atoms with Crippen LogP contribution >= 0.6 is 0 Å². The smallest absolute Gasteiger partial charge is 0.520 e. The maximum absolute atomic E-state index is 11.5. The number of amides is 3. The Morgan fingerprint density at radius 3 is 1.25 bits per heavy atom. The number of nitrogens with zero attached hydrogens (tertiary/aromatic N) is 3. The summed E-state index contributed by atoms with van der Waals surface area (Å²) in [6.45, 7) is 22.5. The minimum atomic E-state index is -0.833. The van der Waals surface area contributed by atoms with Crippen molar-refractivity contribution in [2.24, 2.45) is 5.92 Å². The number of rotatable bonds is 3. The zero-order valence-corrected chi connectivity index (χ0v) is 43.2. The maximum atomic E-state index is 11.5. The van der Waals surface area contributed by atoms with E-state index in [0.29, 0.717) is 12.1 Å². The average Bonchev–Trinajstić information content (AvgIpc) is 3.89. The van der Waals surface area contributed by atoms with Crippen LogP contribution in [0.15, 0.2) is 0 Å². The molecule has 6 aliphatic rings. The van der Waals surface area contributed by atoms with Gasteiger partial charge in [-0.3, -0.25) is 25.6 Å². The van der Waals surface area contributed by atoms with E-state index >= 15 is 0 Å². The molecule has 1 saturated carbocycles. The summed E-state index contributed by atoms with van der Waals surface area (Å²) in [6, 6.07) is 2.25. The van der Waals surface area contributed by atoms with Crippen molar-refractivity contribution in [1.29, 1.82) is 0 Å². The van der Waals surface area contributed by atoms with Gasteiger partial charge < -0.3 is 69.0 Å². The SMILES string of the molecule is CC(=O)N1CCCC1[CH-]C1CCCN1C(C)=O.CC(=O)O.CC(=O)O.CC1CCCN1.CC1CCCN1[C-]=O.[CH2-]C1CCCC1.[CH2-]C1CCCN1.[CH3-].[CH3-].[V+2].[W+2].[W+2]. The van der Waals surface area contributed by atoms with Crippen LogP contribution < -0.4 is 10.6 Å². The number of carbonyl (C=O) groups is 4. The molecular formula is C41H77N5O7VW2. The summed E-state index contributed by atoms with van der Waals surface area (Å²) in [4.78, 5) is 56.5. The molecule has 325 valence electrons. The number of hydrogen-bond acceptors (Lipinski definition) is 7. The van der Waals surface area contributed by atoms with Gasteiger partial charge in [0.2, 0.25) is 11.8 Å². The van der Waals surface area contributed by atoms with Crippen LogP contribution in [0.1, 0.15) is 131 Å². The van der Waals surface area contributed by atoms with Crippen molar-refractivity contribution >= 4 is 30.2 Å². The Balaban J connectivity index is -0.000000138. The van der Waals surface area contributed by atoms with Crippen molar-refractivity contribution in [2.45, 2.75) is 162 Å². The van der Waals surface area contributed by atoms with Crippen molar-refractivity contribution in [3.8, 4) is 0 Å². The molecule has 15 heteroatoms. The molecule has 0 spiro atoms.